The number of esters is 1. The van der Waals surface area contributed by atoms with Crippen molar-refractivity contribution in [3.63, 3.8) is 0 Å². The molecule has 0 atom stereocenters. The van der Waals surface area contributed by atoms with Crippen LogP contribution in [0.1, 0.15) is 17.5 Å². The third kappa shape index (κ3) is 5.03. The van der Waals surface area contributed by atoms with Gasteiger partial charge in [-0.3, -0.25) is 4.79 Å². The highest BCUT2D eigenvalue weighted by atomic mass is 127. The SMILES string of the molecule is O=C(CCc1ccc(I)cc1)OCc1ccccc1. The maximum atomic E-state index is 11.6. The van der Waals surface area contributed by atoms with Gasteiger partial charge < -0.3 is 4.74 Å². The van der Waals surface area contributed by atoms with Crippen molar-refractivity contribution in [1.82, 2.24) is 0 Å². The fourth-order valence-electron chi connectivity index (χ4n) is 1.71. The minimum atomic E-state index is -0.151. The molecule has 0 aliphatic heterocycles. The van der Waals surface area contributed by atoms with Crippen LogP contribution in [0.15, 0.2) is 54.6 Å². The molecule has 0 aliphatic rings. The lowest BCUT2D eigenvalue weighted by Gasteiger charge is -2.05. The summed E-state index contributed by atoms with van der Waals surface area (Å²) in [6.45, 7) is 0.354. The Labute approximate surface area is 126 Å². The molecule has 2 nitrogen and oxygen atoms in total. The van der Waals surface area contributed by atoms with E-state index in [0.29, 0.717) is 13.0 Å². The maximum Gasteiger partial charge on any atom is 0.306 e. The lowest BCUT2D eigenvalue weighted by Crippen LogP contribution is -2.05. The molecule has 0 fully saturated rings. The lowest BCUT2D eigenvalue weighted by molar-refractivity contribution is -0.144. The molecule has 0 heterocycles. The third-order valence-corrected chi connectivity index (χ3v) is 3.49. The van der Waals surface area contributed by atoms with Crippen LogP contribution in [0.5, 0.6) is 0 Å². The van der Waals surface area contributed by atoms with Crippen LogP contribution in [-0.2, 0) is 22.6 Å². The van der Waals surface area contributed by atoms with E-state index in [-0.39, 0.29) is 5.97 Å². The number of benzene rings is 2. The number of halogens is 1. The van der Waals surface area contributed by atoms with Gasteiger partial charge in [-0.15, -0.1) is 0 Å². The minimum absolute atomic E-state index is 0.151. The van der Waals surface area contributed by atoms with Gasteiger partial charge in [0, 0.05) is 9.99 Å². The Kier molecular flexibility index (Phi) is 5.39. The normalized spacial score (nSPS) is 10.2. The van der Waals surface area contributed by atoms with Crippen molar-refractivity contribution < 1.29 is 9.53 Å². The minimum Gasteiger partial charge on any atom is -0.461 e. The summed E-state index contributed by atoms with van der Waals surface area (Å²) in [5.74, 6) is -0.151. The van der Waals surface area contributed by atoms with Crippen LogP contribution in [0.3, 0.4) is 0 Å². The van der Waals surface area contributed by atoms with E-state index in [4.69, 9.17) is 4.74 Å². The molecule has 0 unspecified atom stereocenters. The summed E-state index contributed by atoms with van der Waals surface area (Å²) in [5.41, 5.74) is 2.18. The first-order chi connectivity index (χ1) is 9.24. The molecule has 2 aromatic rings. The van der Waals surface area contributed by atoms with Gasteiger partial charge in [-0.2, -0.15) is 0 Å². The van der Waals surface area contributed by atoms with Crippen molar-refractivity contribution >= 4 is 28.6 Å². The zero-order chi connectivity index (χ0) is 13.5. The van der Waals surface area contributed by atoms with Crippen molar-refractivity contribution in [2.24, 2.45) is 0 Å². The van der Waals surface area contributed by atoms with Gasteiger partial charge in [-0.1, -0.05) is 42.5 Å². The number of ether oxygens (including phenoxy) is 1. The Morgan fingerprint density at radius 2 is 1.63 bits per heavy atom. The van der Waals surface area contributed by atoms with Crippen LogP contribution >= 0.6 is 22.6 Å². The van der Waals surface area contributed by atoms with Gasteiger partial charge >= 0.3 is 5.97 Å². The molecule has 98 valence electrons. The molecule has 2 rings (SSSR count). The molecule has 0 radical (unpaired) electrons. The van der Waals surface area contributed by atoms with Crippen molar-refractivity contribution in [2.45, 2.75) is 19.4 Å². The fraction of sp³-hybridized carbons (Fsp3) is 0.188. The fourth-order valence-corrected chi connectivity index (χ4v) is 2.07. The topological polar surface area (TPSA) is 26.3 Å². The van der Waals surface area contributed by atoms with E-state index in [1.165, 1.54) is 3.57 Å². The maximum absolute atomic E-state index is 11.6. The molecule has 0 aromatic heterocycles. The molecular weight excluding hydrogens is 351 g/mol. The van der Waals surface area contributed by atoms with Gasteiger partial charge in [0.25, 0.3) is 0 Å². The van der Waals surface area contributed by atoms with Crippen LogP contribution in [0.4, 0.5) is 0 Å². The number of aryl methyl sites for hydroxylation is 1. The average molecular weight is 366 g/mol. The van der Waals surface area contributed by atoms with Gasteiger partial charge in [-0.25, -0.2) is 0 Å². The van der Waals surface area contributed by atoms with Crippen molar-refractivity contribution in [2.75, 3.05) is 0 Å². The number of hydrogen-bond donors (Lipinski definition) is 0. The quantitative estimate of drug-likeness (QED) is 0.591. The lowest BCUT2D eigenvalue weighted by atomic mass is 10.1. The van der Waals surface area contributed by atoms with E-state index < -0.39 is 0 Å². The van der Waals surface area contributed by atoms with E-state index in [9.17, 15) is 4.79 Å². The van der Waals surface area contributed by atoms with E-state index in [1.54, 1.807) is 0 Å². The highest BCUT2D eigenvalue weighted by Crippen LogP contribution is 2.09. The molecule has 0 aliphatic carbocycles. The standard InChI is InChI=1S/C16H15IO2/c17-15-9-6-13(7-10-15)8-11-16(18)19-12-14-4-2-1-3-5-14/h1-7,9-10H,8,11-12H2. The average Bonchev–Trinajstić information content (AvgIpc) is 2.45. The summed E-state index contributed by atoms with van der Waals surface area (Å²) < 4.78 is 6.43. The second-order valence-electron chi connectivity index (χ2n) is 4.27. The third-order valence-electron chi connectivity index (χ3n) is 2.77. The molecule has 3 heteroatoms. The van der Waals surface area contributed by atoms with Crippen LogP contribution in [0.2, 0.25) is 0 Å². The molecular formula is C16H15IO2. The van der Waals surface area contributed by atoms with Gasteiger partial charge in [-0.05, 0) is 52.3 Å². The summed E-state index contributed by atoms with van der Waals surface area (Å²) in [5, 5.41) is 0. The van der Waals surface area contributed by atoms with Crippen LogP contribution in [0.25, 0.3) is 0 Å². The number of hydrogen-bond acceptors (Lipinski definition) is 2. The summed E-state index contributed by atoms with van der Waals surface area (Å²) >= 11 is 2.27. The molecule has 2 aromatic carbocycles. The largest absolute Gasteiger partial charge is 0.461 e. The van der Waals surface area contributed by atoms with Crippen molar-refractivity contribution in [3.8, 4) is 0 Å². The van der Waals surface area contributed by atoms with E-state index >= 15 is 0 Å². The molecule has 0 saturated carbocycles. The Morgan fingerprint density at radius 1 is 0.947 bits per heavy atom. The van der Waals surface area contributed by atoms with Crippen LogP contribution in [0, 0.1) is 3.57 Å². The van der Waals surface area contributed by atoms with E-state index in [0.717, 1.165) is 17.5 Å². The Bertz CT molecular complexity index is 520. The highest BCUT2D eigenvalue weighted by molar-refractivity contribution is 14.1. The van der Waals surface area contributed by atoms with Gasteiger partial charge in [0.05, 0.1) is 0 Å². The van der Waals surface area contributed by atoms with Gasteiger partial charge in [0.1, 0.15) is 6.61 Å². The zero-order valence-electron chi connectivity index (χ0n) is 10.5. The van der Waals surface area contributed by atoms with Crippen molar-refractivity contribution in [3.05, 3.63) is 69.3 Å². The number of carbonyl (C=O) groups is 1. The van der Waals surface area contributed by atoms with E-state index in [2.05, 4.69) is 22.6 Å². The molecule has 19 heavy (non-hydrogen) atoms. The Balaban J connectivity index is 1.74. The Hall–Kier alpha value is -1.36. The predicted molar refractivity (Wildman–Crippen MR) is 83.7 cm³/mol. The summed E-state index contributed by atoms with van der Waals surface area (Å²) in [6, 6.07) is 17.9. The van der Waals surface area contributed by atoms with Crippen LogP contribution in [-0.4, -0.2) is 5.97 Å². The first kappa shape index (κ1) is 14.1. The zero-order valence-corrected chi connectivity index (χ0v) is 12.7. The Morgan fingerprint density at radius 3 is 2.32 bits per heavy atom. The predicted octanol–water partition coefficient (Wildman–Crippen LogP) is 3.97. The molecule has 0 bridgehead atoms. The monoisotopic (exact) mass is 366 g/mol. The smallest absolute Gasteiger partial charge is 0.306 e. The summed E-state index contributed by atoms with van der Waals surface area (Å²) in [7, 11) is 0. The summed E-state index contributed by atoms with van der Waals surface area (Å²) in [4.78, 5) is 11.6. The number of rotatable bonds is 5. The van der Waals surface area contributed by atoms with Crippen LogP contribution < -0.4 is 0 Å². The second kappa shape index (κ2) is 7.28. The molecule has 0 saturated heterocycles. The first-order valence-corrected chi connectivity index (χ1v) is 7.26. The molecule has 0 N–H and O–H groups in total. The molecule has 0 spiro atoms. The molecule has 0 amide bonds. The van der Waals surface area contributed by atoms with Gasteiger partial charge in [0.15, 0.2) is 0 Å². The van der Waals surface area contributed by atoms with Crippen molar-refractivity contribution in [1.29, 1.82) is 0 Å². The highest BCUT2D eigenvalue weighted by Gasteiger charge is 2.04. The van der Waals surface area contributed by atoms with Gasteiger partial charge in [0.2, 0.25) is 0 Å². The summed E-state index contributed by atoms with van der Waals surface area (Å²) in [6.07, 6.45) is 1.15. The number of carbonyl (C=O) groups excluding carboxylic acids is 1. The first-order valence-electron chi connectivity index (χ1n) is 6.18. The van der Waals surface area contributed by atoms with E-state index in [1.807, 2.05) is 54.6 Å². The second-order valence-corrected chi connectivity index (χ2v) is 5.52.